The van der Waals surface area contributed by atoms with Gasteiger partial charge in [-0.2, -0.15) is 17.0 Å². The fourth-order valence-corrected chi connectivity index (χ4v) is 1.85. The lowest BCUT2D eigenvalue weighted by molar-refractivity contribution is 0.660. The Labute approximate surface area is 101 Å². The maximum atomic E-state index is 8.62. The van der Waals surface area contributed by atoms with Gasteiger partial charge in [-0.15, -0.1) is 0 Å². The molecule has 1 unspecified atom stereocenters. The van der Waals surface area contributed by atoms with Gasteiger partial charge in [-0.05, 0) is 25.4 Å². The fourth-order valence-electron chi connectivity index (χ4n) is 1.27. The summed E-state index contributed by atoms with van der Waals surface area (Å²) in [5.74, 6) is 1.95. The van der Waals surface area contributed by atoms with Crippen molar-refractivity contribution in [2.75, 3.05) is 24.0 Å². The number of aromatic nitrogens is 2. The van der Waals surface area contributed by atoms with E-state index in [-0.39, 0.29) is 0 Å². The Hall–Kier alpha value is -1.28. The summed E-state index contributed by atoms with van der Waals surface area (Å²) < 4.78 is 0. The van der Waals surface area contributed by atoms with Gasteiger partial charge in [0.1, 0.15) is 11.9 Å². The summed E-state index contributed by atoms with van der Waals surface area (Å²) in [5, 5.41) is 8.62. The molecule has 0 saturated carbocycles. The van der Waals surface area contributed by atoms with Gasteiger partial charge in [0.15, 0.2) is 5.69 Å². The van der Waals surface area contributed by atoms with Crippen molar-refractivity contribution in [2.24, 2.45) is 0 Å². The maximum absolute atomic E-state index is 8.62. The van der Waals surface area contributed by atoms with Crippen molar-refractivity contribution in [1.82, 2.24) is 9.97 Å². The van der Waals surface area contributed by atoms with Gasteiger partial charge in [0.05, 0.1) is 12.4 Å². The second-order valence-electron chi connectivity index (χ2n) is 3.61. The van der Waals surface area contributed by atoms with Gasteiger partial charge in [0.25, 0.3) is 0 Å². The zero-order valence-corrected chi connectivity index (χ0v) is 10.7. The number of nitrogens with zero attached hydrogens (tertiary/aromatic N) is 4. The molecular formula is C11H16N4S. The quantitative estimate of drug-likeness (QED) is 0.782. The van der Waals surface area contributed by atoms with E-state index in [9.17, 15) is 0 Å². The minimum absolute atomic E-state index is 0.355. The topological polar surface area (TPSA) is 52.8 Å². The number of anilines is 1. The second kappa shape index (κ2) is 6.33. The minimum Gasteiger partial charge on any atom is -0.356 e. The van der Waals surface area contributed by atoms with Crippen LogP contribution in [-0.4, -0.2) is 35.1 Å². The smallest absolute Gasteiger partial charge is 0.158 e. The van der Waals surface area contributed by atoms with Crippen LogP contribution < -0.4 is 4.90 Å². The first-order valence-electron chi connectivity index (χ1n) is 5.13. The van der Waals surface area contributed by atoms with Crippen molar-refractivity contribution in [3.63, 3.8) is 0 Å². The van der Waals surface area contributed by atoms with Crippen LogP contribution >= 0.6 is 11.8 Å². The SMILES string of the molecule is CSCCC(C)N(C)c1cnc(C#N)cn1. The number of hydrogen-bond acceptors (Lipinski definition) is 5. The minimum atomic E-state index is 0.355. The lowest BCUT2D eigenvalue weighted by atomic mass is 10.2. The first kappa shape index (κ1) is 12.8. The summed E-state index contributed by atoms with van der Waals surface area (Å²) in [6, 6.07) is 2.39. The van der Waals surface area contributed by atoms with E-state index in [1.165, 1.54) is 6.20 Å². The molecule has 1 atom stereocenters. The van der Waals surface area contributed by atoms with Crippen LogP contribution in [0.15, 0.2) is 12.4 Å². The molecule has 0 spiro atoms. The third-order valence-corrected chi connectivity index (χ3v) is 3.16. The predicted octanol–water partition coefficient (Wildman–Crippen LogP) is 1.93. The average molecular weight is 236 g/mol. The molecule has 0 fully saturated rings. The number of thioether (sulfide) groups is 1. The van der Waals surface area contributed by atoms with Gasteiger partial charge in [-0.1, -0.05) is 0 Å². The van der Waals surface area contributed by atoms with Gasteiger partial charge in [0, 0.05) is 13.1 Å². The van der Waals surface area contributed by atoms with Crippen LogP contribution in [0.1, 0.15) is 19.0 Å². The molecule has 0 amide bonds. The van der Waals surface area contributed by atoms with Crippen molar-refractivity contribution in [3.05, 3.63) is 18.1 Å². The lowest BCUT2D eigenvalue weighted by Crippen LogP contribution is -2.30. The predicted molar refractivity (Wildman–Crippen MR) is 67.6 cm³/mol. The van der Waals surface area contributed by atoms with E-state index in [2.05, 4.69) is 28.0 Å². The Morgan fingerprint density at radius 3 is 2.75 bits per heavy atom. The van der Waals surface area contributed by atoms with E-state index in [1.54, 1.807) is 6.20 Å². The molecule has 5 heteroatoms. The van der Waals surface area contributed by atoms with Crippen molar-refractivity contribution in [1.29, 1.82) is 5.26 Å². The molecule has 0 saturated heterocycles. The van der Waals surface area contributed by atoms with Gasteiger partial charge in [-0.3, -0.25) is 0 Å². The zero-order chi connectivity index (χ0) is 12.0. The van der Waals surface area contributed by atoms with E-state index in [0.29, 0.717) is 11.7 Å². The third kappa shape index (κ3) is 3.38. The molecule has 0 aliphatic heterocycles. The lowest BCUT2D eigenvalue weighted by Gasteiger charge is -2.25. The maximum Gasteiger partial charge on any atom is 0.158 e. The van der Waals surface area contributed by atoms with Gasteiger partial charge < -0.3 is 4.90 Å². The van der Waals surface area contributed by atoms with Crippen molar-refractivity contribution in [3.8, 4) is 6.07 Å². The standard InChI is InChI=1S/C11H16N4S/c1-9(4-5-16-3)15(2)11-8-13-10(6-12)7-14-11/h7-9H,4-5H2,1-3H3. The molecule has 0 bridgehead atoms. The van der Waals surface area contributed by atoms with Gasteiger partial charge >= 0.3 is 0 Å². The third-order valence-electron chi connectivity index (χ3n) is 2.52. The largest absolute Gasteiger partial charge is 0.356 e. The monoisotopic (exact) mass is 236 g/mol. The first-order chi connectivity index (χ1) is 7.69. The van der Waals surface area contributed by atoms with Crippen LogP contribution in [-0.2, 0) is 0 Å². The number of nitriles is 1. The molecule has 1 aromatic heterocycles. The summed E-state index contributed by atoms with van der Waals surface area (Å²) >= 11 is 1.84. The fraction of sp³-hybridized carbons (Fsp3) is 0.545. The summed E-state index contributed by atoms with van der Waals surface area (Å²) in [6.45, 7) is 2.16. The second-order valence-corrected chi connectivity index (χ2v) is 4.60. The molecule has 86 valence electrons. The first-order valence-corrected chi connectivity index (χ1v) is 6.52. The normalized spacial score (nSPS) is 11.9. The zero-order valence-electron chi connectivity index (χ0n) is 9.84. The Morgan fingerprint density at radius 1 is 1.50 bits per heavy atom. The van der Waals surface area contributed by atoms with E-state index < -0.39 is 0 Å². The van der Waals surface area contributed by atoms with E-state index >= 15 is 0 Å². The molecule has 16 heavy (non-hydrogen) atoms. The molecule has 1 rings (SSSR count). The van der Waals surface area contributed by atoms with Crippen molar-refractivity contribution in [2.45, 2.75) is 19.4 Å². The van der Waals surface area contributed by atoms with Crippen LogP contribution in [0.25, 0.3) is 0 Å². The van der Waals surface area contributed by atoms with Crippen molar-refractivity contribution < 1.29 is 0 Å². The van der Waals surface area contributed by atoms with Crippen LogP contribution in [0.5, 0.6) is 0 Å². The summed E-state index contributed by atoms with van der Waals surface area (Å²) in [6.07, 6.45) is 6.37. The molecule has 4 nitrogen and oxygen atoms in total. The highest BCUT2D eigenvalue weighted by atomic mass is 32.2. The van der Waals surface area contributed by atoms with E-state index in [1.807, 2.05) is 24.9 Å². The highest BCUT2D eigenvalue weighted by Gasteiger charge is 2.10. The molecule has 0 radical (unpaired) electrons. The Morgan fingerprint density at radius 2 is 2.25 bits per heavy atom. The molecular weight excluding hydrogens is 220 g/mol. The molecule has 1 heterocycles. The number of hydrogen-bond donors (Lipinski definition) is 0. The van der Waals surface area contributed by atoms with Crippen LogP contribution in [0.2, 0.25) is 0 Å². The molecule has 1 aromatic rings. The Bertz CT molecular complexity index is 357. The van der Waals surface area contributed by atoms with Crippen LogP contribution in [0, 0.1) is 11.3 Å². The van der Waals surface area contributed by atoms with E-state index in [4.69, 9.17) is 5.26 Å². The average Bonchev–Trinajstić information content (AvgIpc) is 2.35. The van der Waals surface area contributed by atoms with Gasteiger partial charge in [-0.25, -0.2) is 9.97 Å². The summed E-state index contributed by atoms with van der Waals surface area (Å²) in [4.78, 5) is 10.3. The molecule has 0 aliphatic carbocycles. The molecule has 0 N–H and O–H groups in total. The van der Waals surface area contributed by atoms with Crippen LogP contribution in [0.3, 0.4) is 0 Å². The number of rotatable bonds is 5. The highest BCUT2D eigenvalue weighted by Crippen LogP contribution is 2.13. The summed E-state index contributed by atoms with van der Waals surface area (Å²) in [5.41, 5.74) is 0.355. The van der Waals surface area contributed by atoms with Crippen LogP contribution in [0.4, 0.5) is 5.82 Å². The highest BCUT2D eigenvalue weighted by molar-refractivity contribution is 7.98. The summed E-state index contributed by atoms with van der Waals surface area (Å²) in [7, 11) is 2.00. The molecule has 0 aliphatic rings. The van der Waals surface area contributed by atoms with Gasteiger partial charge in [0.2, 0.25) is 0 Å². The molecule has 0 aromatic carbocycles. The Balaban J connectivity index is 2.65. The Kier molecular flexibility index (Phi) is 5.06. The van der Waals surface area contributed by atoms with E-state index in [0.717, 1.165) is 18.0 Å². The van der Waals surface area contributed by atoms with Crippen molar-refractivity contribution >= 4 is 17.6 Å².